The highest BCUT2D eigenvalue weighted by Crippen LogP contribution is 2.52. The van der Waals surface area contributed by atoms with Crippen LogP contribution in [0.5, 0.6) is 0 Å². The van der Waals surface area contributed by atoms with Gasteiger partial charge in [-0.25, -0.2) is 9.97 Å². The summed E-state index contributed by atoms with van der Waals surface area (Å²) in [4.78, 5) is 10.3. The fourth-order valence-corrected chi connectivity index (χ4v) is 12.4. The lowest BCUT2D eigenvalue weighted by atomic mass is 9.79. The second kappa shape index (κ2) is 15.8. The molecule has 328 valence electrons. The van der Waals surface area contributed by atoms with E-state index in [0.717, 1.165) is 95.1 Å². The van der Waals surface area contributed by atoms with E-state index in [9.17, 15) is 4.11 Å². The number of aromatic nitrogens is 2. The Morgan fingerprint density at radius 1 is 0.357 bits per heavy atom. The number of aryl methyl sites for hydroxylation is 2. The molecule has 0 spiro atoms. The van der Waals surface area contributed by atoms with E-state index < -0.39 is 37.2 Å². The van der Waals surface area contributed by atoms with Gasteiger partial charge in [-0.1, -0.05) is 188 Å². The molecular formula is C67H44N2S. The Labute approximate surface area is 424 Å². The fraction of sp³-hybridized carbons (Fsp3) is 0.0448. The lowest BCUT2D eigenvalue weighted by molar-refractivity contribution is 1.16. The van der Waals surface area contributed by atoms with Gasteiger partial charge in [-0.15, -0.1) is 11.3 Å². The molecule has 12 aromatic rings. The molecule has 3 heteroatoms. The maximum atomic E-state index is 9.43. The summed E-state index contributed by atoms with van der Waals surface area (Å²) in [6.45, 7) is -9.07. The maximum Gasteiger partial charge on any atom is 0.160 e. The molecule has 2 aliphatic rings. The summed E-state index contributed by atoms with van der Waals surface area (Å²) in [6.07, 6.45) is 1.66. The molecule has 0 fully saturated rings. The van der Waals surface area contributed by atoms with Crippen molar-refractivity contribution in [3.63, 3.8) is 0 Å². The first-order valence-electron chi connectivity index (χ1n) is 27.9. The number of fused-ring (bicyclic) bond motifs is 19. The zero-order valence-corrected chi connectivity index (χ0v) is 38.3. The van der Waals surface area contributed by atoms with E-state index in [-0.39, 0.29) is 17.0 Å². The number of nitrogens with zero attached hydrogens (tertiary/aromatic N) is 2. The van der Waals surface area contributed by atoms with E-state index in [0.29, 0.717) is 16.8 Å². The second-order valence-corrected chi connectivity index (χ2v) is 19.1. The Balaban J connectivity index is 1.04. The van der Waals surface area contributed by atoms with Gasteiger partial charge in [0.2, 0.25) is 0 Å². The van der Waals surface area contributed by atoms with E-state index in [1.54, 1.807) is 23.6 Å². The van der Waals surface area contributed by atoms with Crippen LogP contribution >= 0.6 is 11.3 Å². The van der Waals surface area contributed by atoms with Crippen molar-refractivity contribution in [2.24, 2.45) is 0 Å². The Hall–Kier alpha value is -8.50. The molecule has 2 heterocycles. The summed E-state index contributed by atoms with van der Waals surface area (Å²) in [5, 5.41) is 2.40. The first kappa shape index (κ1) is 32.3. The average molecular weight is 918 g/mol. The Morgan fingerprint density at radius 3 is 1.41 bits per heavy atom. The fourth-order valence-electron chi connectivity index (χ4n) is 11.2. The van der Waals surface area contributed by atoms with Crippen molar-refractivity contribution < 1.29 is 12.3 Å². The zero-order valence-electron chi connectivity index (χ0n) is 46.5. The molecule has 0 N–H and O–H groups in total. The van der Waals surface area contributed by atoms with E-state index in [1.165, 1.54) is 20.2 Å². The van der Waals surface area contributed by atoms with Crippen molar-refractivity contribution in [3.8, 4) is 123 Å². The van der Waals surface area contributed by atoms with Crippen LogP contribution in [0.1, 0.15) is 29.0 Å². The Kier molecular flexibility index (Phi) is 7.28. The summed E-state index contributed by atoms with van der Waals surface area (Å²) < 4.78 is 85.0. The summed E-state index contributed by atoms with van der Waals surface area (Å²) in [7, 11) is 0. The Morgan fingerprint density at radius 2 is 0.814 bits per heavy atom. The summed E-state index contributed by atoms with van der Waals surface area (Å²) in [5.74, 6) is -0.158. The molecule has 2 aliphatic carbocycles. The van der Waals surface area contributed by atoms with Crippen LogP contribution < -0.4 is 0 Å². The summed E-state index contributed by atoms with van der Waals surface area (Å²) in [5.41, 5.74) is 14.5. The molecule has 0 radical (unpaired) electrons. The standard InChI is InChI=1S/C67H44N2S/c1-39-35-40(2)64(41(3)63(39)43-32-34-54-49-21-7-6-19-47(49)45-17-4-5-18-46(45)48-20-8-10-24-52(48)60(54)37-43)67-68-38-61-55-33-31-42(44-28-16-29-58-56-26-14-15-30-62(56)70-66(44)58)36-59(55)53-25-11-9-22-50(53)51-23-12-13-27-57(51)65(61)69-67/h4-38H,1-3H3/i1D3,2D3,3D3. The number of hydrogen-bond acceptors (Lipinski definition) is 3. The molecule has 14 rings (SSSR count). The molecule has 2 aromatic heterocycles. The van der Waals surface area contributed by atoms with Crippen LogP contribution in [0, 0.1) is 20.6 Å². The lowest BCUT2D eigenvalue weighted by Crippen LogP contribution is -2.04. The third-order valence-electron chi connectivity index (χ3n) is 14.3. The van der Waals surface area contributed by atoms with Crippen molar-refractivity contribution in [1.82, 2.24) is 9.97 Å². The first-order valence-corrected chi connectivity index (χ1v) is 24.2. The number of benzene rings is 10. The van der Waals surface area contributed by atoms with E-state index in [1.807, 2.05) is 91.0 Å². The third kappa shape index (κ3) is 6.11. The minimum Gasteiger partial charge on any atom is -0.236 e. The Bertz CT molecular complexity index is 4520. The van der Waals surface area contributed by atoms with Crippen molar-refractivity contribution in [3.05, 3.63) is 229 Å². The van der Waals surface area contributed by atoms with Crippen LogP contribution in [0.15, 0.2) is 212 Å². The van der Waals surface area contributed by atoms with Crippen LogP contribution in [-0.2, 0) is 0 Å². The quantitative estimate of drug-likeness (QED) is 0.176. The van der Waals surface area contributed by atoms with E-state index >= 15 is 0 Å². The predicted octanol–water partition coefficient (Wildman–Crippen LogP) is 18.7. The predicted molar refractivity (Wildman–Crippen MR) is 296 cm³/mol. The minimum absolute atomic E-state index is 0.116. The van der Waals surface area contributed by atoms with Crippen molar-refractivity contribution in [2.75, 3.05) is 0 Å². The van der Waals surface area contributed by atoms with E-state index in [4.69, 9.17) is 18.2 Å². The molecule has 0 unspecified atom stereocenters. The van der Waals surface area contributed by atoms with Crippen LogP contribution in [0.25, 0.3) is 143 Å². The molecule has 0 amide bonds. The number of rotatable bonds is 3. The van der Waals surface area contributed by atoms with Gasteiger partial charge in [0.1, 0.15) is 0 Å². The molecular weight excluding hydrogens is 865 g/mol. The van der Waals surface area contributed by atoms with Crippen LogP contribution in [0.2, 0.25) is 0 Å². The van der Waals surface area contributed by atoms with Crippen LogP contribution in [0.3, 0.4) is 0 Å². The molecule has 2 nitrogen and oxygen atoms in total. The second-order valence-electron chi connectivity index (χ2n) is 18.1. The number of thiophene rings is 1. The van der Waals surface area contributed by atoms with Gasteiger partial charge in [0.25, 0.3) is 0 Å². The van der Waals surface area contributed by atoms with Gasteiger partial charge >= 0.3 is 0 Å². The minimum atomic E-state index is -3.09. The van der Waals surface area contributed by atoms with Gasteiger partial charge in [0.15, 0.2) is 5.82 Å². The number of hydrogen-bond donors (Lipinski definition) is 0. The third-order valence-corrected chi connectivity index (χ3v) is 15.5. The van der Waals surface area contributed by atoms with Crippen LogP contribution in [0.4, 0.5) is 0 Å². The highest BCUT2D eigenvalue weighted by atomic mass is 32.1. The largest absolute Gasteiger partial charge is 0.236 e. The molecule has 10 aromatic carbocycles. The van der Waals surface area contributed by atoms with E-state index in [2.05, 4.69) is 103 Å². The first-order chi connectivity index (χ1) is 38.1. The molecule has 0 bridgehead atoms. The molecule has 0 saturated heterocycles. The molecule has 70 heavy (non-hydrogen) atoms. The highest BCUT2D eigenvalue weighted by Gasteiger charge is 2.27. The van der Waals surface area contributed by atoms with Gasteiger partial charge in [0, 0.05) is 55.4 Å². The van der Waals surface area contributed by atoms with Gasteiger partial charge in [-0.2, -0.15) is 0 Å². The monoisotopic (exact) mass is 917 g/mol. The smallest absolute Gasteiger partial charge is 0.160 e. The van der Waals surface area contributed by atoms with Gasteiger partial charge in [-0.3, -0.25) is 0 Å². The topological polar surface area (TPSA) is 25.8 Å². The highest BCUT2D eigenvalue weighted by molar-refractivity contribution is 7.26. The van der Waals surface area contributed by atoms with Gasteiger partial charge in [0.05, 0.1) is 5.69 Å². The zero-order chi connectivity index (χ0) is 54.1. The molecule has 0 aliphatic heterocycles. The molecule has 0 atom stereocenters. The summed E-state index contributed by atoms with van der Waals surface area (Å²) >= 11 is 1.77. The SMILES string of the molecule is [2H]C([2H])([2H])c1cc(C([2H])([2H])[2H])c(-c2ncc3c(n2)-c2ccccc2-c2ccccc2-c2cc(-c4cccc5c4sc4ccccc45)ccc2-3)c(C([2H])([2H])[2H])c1-c1ccc2c(c1)-c1ccccc1-c1ccccc1-c1ccccc1-2. The normalized spacial score (nSPS) is 14.4. The van der Waals surface area contributed by atoms with Crippen molar-refractivity contribution in [1.29, 1.82) is 0 Å². The van der Waals surface area contributed by atoms with Crippen molar-refractivity contribution in [2.45, 2.75) is 20.6 Å². The average Bonchev–Trinajstić information content (AvgIpc) is 3.98. The van der Waals surface area contributed by atoms with Crippen LogP contribution in [-0.4, -0.2) is 9.97 Å². The maximum absolute atomic E-state index is 9.43. The molecule has 0 saturated carbocycles. The van der Waals surface area contributed by atoms with Crippen molar-refractivity contribution >= 4 is 31.5 Å². The lowest BCUT2D eigenvalue weighted by Gasteiger charge is -2.25. The van der Waals surface area contributed by atoms with Gasteiger partial charge in [-0.05, 0) is 150 Å². The van der Waals surface area contributed by atoms with Gasteiger partial charge < -0.3 is 0 Å². The summed E-state index contributed by atoms with van der Waals surface area (Å²) in [6, 6.07) is 68.5.